The lowest BCUT2D eigenvalue weighted by molar-refractivity contribution is -0.148. The van der Waals surface area contributed by atoms with E-state index < -0.39 is 11.8 Å². The highest BCUT2D eigenvalue weighted by atomic mass is 16.5. The molecule has 118 valence electrons. The van der Waals surface area contributed by atoms with Crippen LogP contribution in [0.3, 0.4) is 0 Å². The average molecular weight is 286 g/mol. The van der Waals surface area contributed by atoms with Crippen LogP contribution < -0.4 is 5.32 Å². The predicted molar refractivity (Wildman–Crippen MR) is 80.5 cm³/mol. The van der Waals surface area contributed by atoms with Gasteiger partial charge in [-0.1, -0.05) is 13.3 Å². The van der Waals surface area contributed by atoms with Crippen molar-refractivity contribution in [2.24, 2.45) is 0 Å². The van der Waals surface area contributed by atoms with E-state index in [1.165, 1.54) is 0 Å². The minimum Gasteiger partial charge on any atom is -0.381 e. The van der Waals surface area contributed by atoms with Crippen LogP contribution in [0.2, 0.25) is 0 Å². The molecule has 0 heterocycles. The summed E-state index contributed by atoms with van der Waals surface area (Å²) in [6.45, 7) is 12.1. The number of likely N-dealkylation sites (N-methyl/N-ethyl adjacent to an activating group) is 1. The highest BCUT2D eigenvalue weighted by Crippen LogP contribution is 2.12. The van der Waals surface area contributed by atoms with Crippen molar-refractivity contribution in [2.45, 2.75) is 59.4 Å². The van der Waals surface area contributed by atoms with Gasteiger partial charge in [0.05, 0.1) is 0 Å². The minimum atomic E-state index is -0.532. The third-order valence-corrected chi connectivity index (χ3v) is 2.96. The fraction of sp³-hybridized carbons (Fsp3) is 0.867. The number of nitrogens with one attached hydrogen (secondary N) is 1. The van der Waals surface area contributed by atoms with E-state index in [4.69, 9.17) is 4.74 Å². The molecule has 2 amide bonds. The molecule has 0 saturated heterocycles. The van der Waals surface area contributed by atoms with Crippen LogP contribution in [0.15, 0.2) is 0 Å². The first kappa shape index (κ1) is 18.9. The van der Waals surface area contributed by atoms with Crippen molar-refractivity contribution in [3.8, 4) is 0 Å². The van der Waals surface area contributed by atoms with Crippen molar-refractivity contribution in [3.05, 3.63) is 0 Å². The molecule has 0 radical (unpaired) electrons. The zero-order chi connectivity index (χ0) is 15.6. The van der Waals surface area contributed by atoms with Gasteiger partial charge >= 0.3 is 11.8 Å². The van der Waals surface area contributed by atoms with Crippen molar-refractivity contribution in [2.75, 3.05) is 26.3 Å². The first-order chi connectivity index (χ1) is 9.34. The topological polar surface area (TPSA) is 58.6 Å². The van der Waals surface area contributed by atoms with Gasteiger partial charge < -0.3 is 15.0 Å². The Kier molecular flexibility index (Phi) is 9.21. The summed E-state index contributed by atoms with van der Waals surface area (Å²) >= 11 is 0. The van der Waals surface area contributed by atoms with E-state index >= 15 is 0 Å². The molecule has 1 N–H and O–H groups in total. The van der Waals surface area contributed by atoms with E-state index in [1.54, 1.807) is 4.90 Å². The number of hydrogen-bond donors (Lipinski definition) is 1. The van der Waals surface area contributed by atoms with Gasteiger partial charge in [0.1, 0.15) is 0 Å². The lowest BCUT2D eigenvalue weighted by Crippen LogP contribution is -2.51. The van der Waals surface area contributed by atoms with Crippen LogP contribution in [-0.2, 0) is 14.3 Å². The summed E-state index contributed by atoms with van der Waals surface area (Å²) in [5, 5.41) is 2.65. The van der Waals surface area contributed by atoms with Gasteiger partial charge in [0.25, 0.3) is 0 Å². The number of amides is 2. The van der Waals surface area contributed by atoms with E-state index in [0.717, 1.165) is 25.9 Å². The molecular weight excluding hydrogens is 256 g/mol. The number of nitrogens with zero attached hydrogens (tertiary/aromatic N) is 1. The van der Waals surface area contributed by atoms with Crippen molar-refractivity contribution < 1.29 is 14.3 Å². The molecule has 0 spiro atoms. The van der Waals surface area contributed by atoms with Crippen LogP contribution in [0.1, 0.15) is 53.9 Å². The minimum absolute atomic E-state index is 0.341. The molecule has 0 aromatic rings. The third kappa shape index (κ3) is 7.48. The standard InChI is InChI=1S/C15H30N2O3/c1-6-8-11-20-12-9-10-16-13(18)14(19)17(7-2)15(3,4)5/h6-12H2,1-5H3,(H,16,18). The fourth-order valence-electron chi connectivity index (χ4n) is 1.85. The predicted octanol–water partition coefficient (Wildman–Crippen LogP) is 1.96. The molecule has 0 aliphatic heterocycles. The number of rotatable bonds is 8. The van der Waals surface area contributed by atoms with Gasteiger partial charge in [-0.15, -0.1) is 0 Å². The van der Waals surface area contributed by atoms with Crippen LogP contribution in [-0.4, -0.2) is 48.6 Å². The van der Waals surface area contributed by atoms with Gasteiger partial charge in [-0.3, -0.25) is 9.59 Å². The van der Waals surface area contributed by atoms with Gasteiger partial charge in [0.2, 0.25) is 0 Å². The van der Waals surface area contributed by atoms with Crippen LogP contribution in [0.4, 0.5) is 0 Å². The third-order valence-electron chi connectivity index (χ3n) is 2.96. The average Bonchev–Trinajstić information content (AvgIpc) is 2.36. The first-order valence-corrected chi connectivity index (χ1v) is 7.52. The molecule has 0 unspecified atom stereocenters. The molecule has 0 bridgehead atoms. The number of ether oxygens (including phenoxy) is 1. The van der Waals surface area contributed by atoms with Gasteiger partial charge in [-0.05, 0) is 40.5 Å². The summed E-state index contributed by atoms with van der Waals surface area (Å²) in [4.78, 5) is 25.4. The molecule has 0 aromatic carbocycles. The molecule has 5 heteroatoms. The second-order valence-electron chi connectivity index (χ2n) is 5.80. The molecule has 0 aliphatic rings. The largest absolute Gasteiger partial charge is 0.381 e. The Bertz CT molecular complexity index is 298. The maximum Gasteiger partial charge on any atom is 0.312 e. The highest BCUT2D eigenvalue weighted by molar-refractivity contribution is 6.35. The smallest absolute Gasteiger partial charge is 0.312 e. The van der Waals surface area contributed by atoms with Crippen molar-refractivity contribution >= 4 is 11.8 Å². The summed E-state index contributed by atoms with van der Waals surface area (Å²) in [7, 11) is 0. The molecule has 5 nitrogen and oxygen atoms in total. The SMILES string of the molecule is CCCCOCCCNC(=O)C(=O)N(CC)C(C)(C)C. The van der Waals surface area contributed by atoms with E-state index in [0.29, 0.717) is 19.7 Å². The highest BCUT2D eigenvalue weighted by Gasteiger charge is 2.29. The molecule has 0 saturated carbocycles. The molecule has 20 heavy (non-hydrogen) atoms. The number of carbonyl (C=O) groups is 2. The number of carbonyl (C=O) groups excluding carboxylic acids is 2. The van der Waals surface area contributed by atoms with E-state index in [2.05, 4.69) is 12.2 Å². The lowest BCUT2D eigenvalue weighted by atomic mass is 10.1. The lowest BCUT2D eigenvalue weighted by Gasteiger charge is -2.34. The van der Waals surface area contributed by atoms with E-state index in [9.17, 15) is 9.59 Å². The van der Waals surface area contributed by atoms with Crippen LogP contribution in [0.5, 0.6) is 0 Å². The summed E-state index contributed by atoms with van der Waals surface area (Å²) in [6.07, 6.45) is 2.90. The van der Waals surface area contributed by atoms with Crippen LogP contribution >= 0.6 is 0 Å². The zero-order valence-corrected chi connectivity index (χ0v) is 13.6. The second-order valence-corrected chi connectivity index (χ2v) is 5.80. The summed E-state index contributed by atoms with van der Waals surface area (Å²) in [6, 6.07) is 0. The number of hydrogen-bond acceptors (Lipinski definition) is 3. The van der Waals surface area contributed by atoms with Gasteiger partial charge in [-0.2, -0.15) is 0 Å². The van der Waals surface area contributed by atoms with Gasteiger partial charge in [-0.25, -0.2) is 0 Å². The molecule has 0 aromatic heterocycles. The number of unbranched alkanes of at least 4 members (excludes halogenated alkanes) is 1. The fourth-order valence-corrected chi connectivity index (χ4v) is 1.85. The van der Waals surface area contributed by atoms with Gasteiger partial charge in [0.15, 0.2) is 0 Å². The second kappa shape index (κ2) is 9.75. The maximum absolute atomic E-state index is 12.0. The Morgan fingerprint density at radius 2 is 1.70 bits per heavy atom. The summed E-state index contributed by atoms with van der Waals surface area (Å²) in [5.41, 5.74) is -0.341. The molecule has 0 rings (SSSR count). The first-order valence-electron chi connectivity index (χ1n) is 7.52. The van der Waals surface area contributed by atoms with Gasteiger partial charge in [0, 0.05) is 31.8 Å². The monoisotopic (exact) mass is 286 g/mol. The normalized spacial score (nSPS) is 11.2. The maximum atomic E-state index is 12.0. The van der Waals surface area contributed by atoms with Crippen LogP contribution in [0, 0.1) is 0 Å². The Morgan fingerprint density at radius 3 is 2.20 bits per heavy atom. The Hall–Kier alpha value is -1.10. The van der Waals surface area contributed by atoms with Crippen molar-refractivity contribution in [3.63, 3.8) is 0 Å². The van der Waals surface area contributed by atoms with Crippen molar-refractivity contribution in [1.82, 2.24) is 10.2 Å². The Labute approximate surface area is 123 Å². The Balaban J connectivity index is 3.94. The quantitative estimate of drug-likeness (QED) is 0.548. The summed E-state index contributed by atoms with van der Waals surface area (Å²) in [5.74, 6) is -0.998. The van der Waals surface area contributed by atoms with E-state index in [1.807, 2.05) is 27.7 Å². The molecular formula is C15H30N2O3. The molecule has 0 aliphatic carbocycles. The van der Waals surface area contributed by atoms with Crippen molar-refractivity contribution in [1.29, 1.82) is 0 Å². The zero-order valence-electron chi connectivity index (χ0n) is 13.6. The molecule has 0 atom stereocenters. The summed E-state index contributed by atoms with van der Waals surface area (Å²) < 4.78 is 5.39. The molecule has 0 fully saturated rings. The van der Waals surface area contributed by atoms with E-state index in [-0.39, 0.29) is 5.54 Å². The van der Waals surface area contributed by atoms with Crippen LogP contribution in [0.25, 0.3) is 0 Å². The Morgan fingerprint density at radius 1 is 1.10 bits per heavy atom.